The second-order valence-electron chi connectivity index (χ2n) is 5.16. The third kappa shape index (κ3) is 3.86. The molecular weight excluding hydrogens is 244 g/mol. The molecule has 2 heteroatoms. The van der Waals surface area contributed by atoms with Crippen LogP contribution in [0.15, 0.2) is 48.5 Å². The van der Waals surface area contributed by atoms with Crippen LogP contribution in [-0.2, 0) is 6.54 Å². The monoisotopic (exact) mass is 264 g/mol. The molecule has 0 amide bonds. The Bertz CT molecular complexity index is 576. The van der Waals surface area contributed by atoms with Crippen LogP contribution < -0.4 is 4.90 Å². The highest BCUT2D eigenvalue weighted by Gasteiger charge is 2.07. The van der Waals surface area contributed by atoms with Crippen molar-refractivity contribution in [2.75, 3.05) is 11.4 Å². The van der Waals surface area contributed by atoms with Crippen molar-refractivity contribution in [3.63, 3.8) is 0 Å². The van der Waals surface area contributed by atoms with E-state index in [1.54, 1.807) is 0 Å². The first kappa shape index (κ1) is 14.1. The SMILES string of the molecule is Cc1cc(C)cc(CN(CCC#N)c2ccccc2)c1. The Morgan fingerprint density at radius 2 is 1.65 bits per heavy atom. The van der Waals surface area contributed by atoms with Crippen molar-refractivity contribution < 1.29 is 0 Å². The largest absolute Gasteiger partial charge is 0.366 e. The molecule has 0 bridgehead atoms. The summed E-state index contributed by atoms with van der Waals surface area (Å²) in [6.45, 7) is 5.85. The first-order valence-corrected chi connectivity index (χ1v) is 6.93. The maximum absolute atomic E-state index is 8.84. The molecule has 0 atom stereocenters. The van der Waals surface area contributed by atoms with Crippen LogP contribution in [0.5, 0.6) is 0 Å². The lowest BCUT2D eigenvalue weighted by atomic mass is 10.1. The molecule has 0 aliphatic carbocycles. The number of rotatable bonds is 5. The maximum Gasteiger partial charge on any atom is 0.0640 e. The topological polar surface area (TPSA) is 27.0 Å². The van der Waals surface area contributed by atoms with E-state index < -0.39 is 0 Å². The molecule has 0 radical (unpaired) electrons. The molecule has 0 unspecified atom stereocenters. The van der Waals surface area contributed by atoms with Crippen LogP contribution in [0.3, 0.4) is 0 Å². The van der Waals surface area contributed by atoms with Gasteiger partial charge in [0, 0.05) is 18.8 Å². The molecule has 0 saturated carbocycles. The quantitative estimate of drug-likeness (QED) is 0.808. The first-order chi connectivity index (χ1) is 9.69. The lowest BCUT2D eigenvalue weighted by molar-refractivity contribution is 0.797. The zero-order valence-electron chi connectivity index (χ0n) is 12.1. The lowest BCUT2D eigenvalue weighted by Crippen LogP contribution is -2.23. The van der Waals surface area contributed by atoms with Gasteiger partial charge >= 0.3 is 0 Å². The highest BCUT2D eigenvalue weighted by atomic mass is 15.1. The maximum atomic E-state index is 8.84. The van der Waals surface area contributed by atoms with Gasteiger partial charge in [0.15, 0.2) is 0 Å². The molecule has 20 heavy (non-hydrogen) atoms. The van der Waals surface area contributed by atoms with Crippen molar-refractivity contribution in [3.8, 4) is 6.07 Å². The number of para-hydroxylation sites is 1. The number of aryl methyl sites for hydroxylation is 2. The second kappa shape index (κ2) is 6.77. The van der Waals surface area contributed by atoms with Crippen molar-refractivity contribution in [2.24, 2.45) is 0 Å². The Kier molecular flexibility index (Phi) is 4.79. The third-order valence-electron chi connectivity index (χ3n) is 3.27. The van der Waals surface area contributed by atoms with E-state index in [4.69, 9.17) is 5.26 Å². The van der Waals surface area contributed by atoms with Gasteiger partial charge in [0.25, 0.3) is 0 Å². The van der Waals surface area contributed by atoms with Crippen LogP contribution in [-0.4, -0.2) is 6.54 Å². The summed E-state index contributed by atoms with van der Waals surface area (Å²) >= 11 is 0. The fourth-order valence-corrected chi connectivity index (χ4v) is 2.50. The Labute approximate surface area is 121 Å². The van der Waals surface area contributed by atoms with Gasteiger partial charge in [-0.15, -0.1) is 0 Å². The average Bonchev–Trinajstić information content (AvgIpc) is 2.43. The predicted octanol–water partition coefficient (Wildman–Crippen LogP) is 4.22. The minimum Gasteiger partial charge on any atom is -0.366 e. The van der Waals surface area contributed by atoms with Crippen molar-refractivity contribution in [3.05, 3.63) is 65.2 Å². The van der Waals surface area contributed by atoms with E-state index in [2.05, 4.69) is 55.1 Å². The van der Waals surface area contributed by atoms with Gasteiger partial charge in [0.05, 0.1) is 12.5 Å². The van der Waals surface area contributed by atoms with Crippen LogP contribution in [0.2, 0.25) is 0 Å². The minimum absolute atomic E-state index is 0.541. The normalized spacial score (nSPS) is 10.1. The predicted molar refractivity (Wildman–Crippen MR) is 83.6 cm³/mol. The molecule has 2 rings (SSSR count). The van der Waals surface area contributed by atoms with Crippen LogP contribution in [0.4, 0.5) is 5.69 Å². The summed E-state index contributed by atoms with van der Waals surface area (Å²) in [6, 6.07) is 19.1. The van der Waals surface area contributed by atoms with E-state index >= 15 is 0 Å². The smallest absolute Gasteiger partial charge is 0.0640 e. The molecule has 2 aromatic rings. The number of hydrogen-bond acceptors (Lipinski definition) is 2. The number of benzene rings is 2. The van der Waals surface area contributed by atoms with Gasteiger partial charge in [-0.3, -0.25) is 0 Å². The van der Waals surface area contributed by atoms with Gasteiger partial charge in [0.2, 0.25) is 0 Å². The molecule has 0 aliphatic rings. The third-order valence-corrected chi connectivity index (χ3v) is 3.27. The number of hydrogen-bond donors (Lipinski definition) is 0. The number of anilines is 1. The molecule has 0 fully saturated rings. The van der Waals surface area contributed by atoms with Crippen molar-refractivity contribution in [1.82, 2.24) is 0 Å². The summed E-state index contributed by atoms with van der Waals surface area (Å²) in [6.07, 6.45) is 0.541. The summed E-state index contributed by atoms with van der Waals surface area (Å²) < 4.78 is 0. The molecule has 0 saturated heterocycles. The van der Waals surface area contributed by atoms with E-state index in [1.165, 1.54) is 22.4 Å². The Balaban J connectivity index is 2.21. The van der Waals surface area contributed by atoms with E-state index in [1.807, 2.05) is 18.2 Å². The number of nitriles is 1. The molecule has 102 valence electrons. The zero-order chi connectivity index (χ0) is 14.4. The zero-order valence-corrected chi connectivity index (χ0v) is 12.1. The minimum atomic E-state index is 0.541. The van der Waals surface area contributed by atoms with Gasteiger partial charge in [-0.25, -0.2) is 0 Å². The average molecular weight is 264 g/mol. The number of nitrogens with zero attached hydrogens (tertiary/aromatic N) is 2. The van der Waals surface area contributed by atoms with Crippen molar-refractivity contribution in [1.29, 1.82) is 5.26 Å². The molecule has 0 heterocycles. The highest BCUT2D eigenvalue weighted by molar-refractivity contribution is 5.47. The van der Waals surface area contributed by atoms with E-state index in [9.17, 15) is 0 Å². The van der Waals surface area contributed by atoms with Gasteiger partial charge in [-0.1, -0.05) is 47.5 Å². The highest BCUT2D eigenvalue weighted by Crippen LogP contribution is 2.18. The van der Waals surface area contributed by atoms with E-state index in [-0.39, 0.29) is 0 Å². The van der Waals surface area contributed by atoms with E-state index in [0.29, 0.717) is 6.42 Å². The molecule has 2 aromatic carbocycles. The fraction of sp³-hybridized carbons (Fsp3) is 0.278. The lowest BCUT2D eigenvalue weighted by Gasteiger charge is -2.24. The van der Waals surface area contributed by atoms with Crippen LogP contribution in [0.25, 0.3) is 0 Å². The summed E-state index contributed by atoms with van der Waals surface area (Å²) in [7, 11) is 0. The summed E-state index contributed by atoms with van der Waals surface area (Å²) in [5, 5.41) is 8.84. The Hall–Kier alpha value is -2.27. The molecule has 0 aromatic heterocycles. The standard InChI is InChI=1S/C18H20N2/c1-15-11-16(2)13-17(12-15)14-20(10-6-9-19)18-7-4-3-5-8-18/h3-5,7-8,11-13H,6,10,14H2,1-2H3. The van der Waals surface area contributed by atoms with Gasteiger partial charge < -0.3 is 4.90 Å². The summed E-state index contributed by atoms with van der Waals surface area (Å²) in [4.78, 5) is 2.26. The van der Waals surface area contributed by atoms with Gasteiger partial charge in [-0.05, 0) is 31.5 Å². The summed E-state index contributed by atoms with van der Waals surface area (Å²) in [5.74, 6) is 0. The van der Waals surface area contributed by atoms with Crippen LogP contribution >= 0.6 is 0 Å². The van der Waals surface area contributed by atoms with Crippen molar-refractivity contribution >= 4 is 5.69 Å². The van der Waals surface area contributed by atoms with Crippen LogP contribution in [0.1, 0.15) is 23.1 Å². The second-order valence-corrected chi connectivity index (χ2v) is 5.16. The van der Waals surface area contributed by atoms with Gasteiger partial charge in [0.1, 0.15) is 0 Å². The first-order valence-electron chi connectivity index (χ1n) is 6.93. The summed E-state index contributed by atoms with van der Waals surface area (Å²) in [5.41, 5.74) is 5.03. The molecule has 0 spiro atoms. The molecule has 2 nitrogen and oxygen atoms in total. The van der Waals surface area contributed by atoms with Crippen LogP contribution in [0, 0.1) is 25.2 Å². The fourth-order valence-electron chi connectivity index (χ4n) is 2.50. The molecule has 0 aliphatic heterocycles. The molecular formula is C18H20N2. The molecule has 0 N–H and O–H groups in total. The van der Waals surface area contributed by atoms with Crippen molar-refractivity contribution in [2.45, 2.75) is 26.8 Å². The Morgan fingerprint density at radius 1 is 1.00 bits per heavy atom. The van der Waals surface area contributed by atoms with E-state index in [0.717, 1.165) is 13.1 Å². The Morgan fingerprint density at radius 3 is 2.25 bits per heavy atom. The van der Waals surface area contributed by atoms with Gasteiger partial charge in [-0.2, -0.15) is 5.26 Å².